The predicted molar refractivity (Wildman–Crippen MR) is 89.5 cm³/mol. The summed E-state index contributed by atoms with van der Waals surface area (Å²) in [6.45, 7) is 2.68. The average molecular weight is 344 g/mol. The molecule has 0 radical (unpaired) electrons. The van der Waals surface area contributed by atoms with Crippen LogP contribution in [0.1, 0.15) is 18.4 Å². The zero-order valence-electron chi connectivity index (χ0n) is 13.9. The van der Waals surface area contributed by atoms with Crippen LogP contribution in [0.4, 0.5) is 10.3 Å². The number of halogens is 1. The number of fused-ring (bicyclic) bond motifs is 1. The van der Waals surface area contributed by atoms with Gasteiger partial charge >= 0.3 is 0 Å². The molecule has 4 rings (SSSR count). The fraction of sp³-hybridized carbons (Fsp3) is 0.500. The summed E-state index contributed by atoms with van der Waals surface area (Å²) in [5.41, 5.74) is 1.13. The molecule has 2 aromatic heterocycles. The van der Waals surface area contributed by atoms with Gasteiger partial charge in [-0.3, -0.25) is 4.98 Å². The van der Waals surface area contributed by atoms with Crippen molar-refractivity contribution < 1.29 is 13.9 Å². The summed E-state index contributed by atoms with van der Waals surface area (Å²) < 4.78 is 24.9. The first kappa shape index (κ1) is 16.4. The highest BCUT2D eigenvalue weighted by atomic mass is 19.1. The molecule has 132 valence electrons. The smallest absolute Gasteiger partial charge is 0.225 e. The summed E-state index contributed by atoms with van der Waals surface area (Å²) in [5, 5.41) is 0. The summed E-state index contributed by atoms with van der Waals surface area (Å²) in [7, 11) is 0. The molecule has 7 heteroatoms. The standard InChI is InChI=1S/C18H21FN4O2/c19-15-9-21-18(22-10-15)23-5-6-25-17-8-14(7-16(17)23)12-24-11-13-1-3-20-4-2-13/h1-4,9-10,14,16-17H,5-8,11-12H2/t14-,16-,17+/m0/s1. The van der Waals surface area contributed by atoms with E-state index in [1.165, 1.54) is 12.4 Å². The lowest BCUT2D eigenvalue weighted by Crippen LogP contribution is -2.49. The number of hydrogen-bond acceptors (Lipinski definition) is 6. The Morgan fingerprint density at radius 1 is 1.20 bits per heavy atom. The zero-order valence-corrected chi connectivity index (χ0v) is 13.9. The van der Waals surface area contributed by atoms with Crippen molar-refractivity contribution in [2.24, 2.45) is 5.92 Å². The highest BCUT2D eigenvalue weighted by Gasteiger charge is 2.42. The normalized spacial score (nSPS) is 25.8. The maximum absolute atomic E-state index is 13.1. The van der Waals surface area contributed by atoms with Gasteiger partial charge in [-0.15, -0.1) is 0 Å². The quantitative estimate of drug-likeness (QED) is 0.829. The highest BCUT2D eigenvalue weighted by Crippen LogP contribution is 2.35. The van der Waals surface area contributed by atoms with Gasteiger partial charge in [0.25, 0.3) is 0 Å². The maximum atomic E-state index is 13.1. The number of morpholine rings is 1. The van der Waals surface area contributed by atoms with Gasteiger partial charge in [-0.1, -0.05) is 0 Å². The first-order chi connectivity index (χ1) is 12.3. The van der Waals surface area contributed by atoms with E-state index in [0.29, 0.717) is 31.7 Å². The van der Waals surface area contributed by atoms with Gasteiger partial charge in [0.1, 0.15) is 0 Å². The maximum Gasteiger partial charge on any atom is 0.225 e. The third-order valence-electron chi connectivity index (χ3n) is 4.87. The second kappa shape index (κ2) is 7.41. The minimum atomic E-state index is -0.414. The molecule has 1 aliphatic carbocycles. The molecule has 0 aromatic carbocycles. The van der Waals surface area contributed by atoms with Gasteiger partial charge in [0, 0.05) is 18.9 Å². The summed E-state index contributed by atoms with van der Waals surface area (Å²) in [4.78, 5) is 14.4. The number of nitrogens with zero attached hydrogens (tertiary/aromatic N) is 4. The number of pyridine rings is 1. The topological polar surface area (TPSA) is 60.4 Å². The fourth-order valence-electron chi connectivity index (χ4n) is 3.71. The van der Waals surface area contributed by atoms with E-state index in [1.807, 2.05) is 12.1 Å². The lowest BCUT2D eigenvalue weighted by atomic mass is 10.1. The summed E-state index contributed by atoms with van der Waals surface area (Å²) in [6, 6.07) is 4.16. The number of rotatable bonds is 5. The molecule has 2 aliphatic rings. The van der Waals surface area contributed by atoms with E-state index in [1.54, 1.807) is 12.4 Å². The van der Waals surface area contributed by atoms with Crippen LogP contribution in [0.15, 0.2) is 36.9 Å². The number of hydrogen-bond donors (Lipinski definition) is 0. The number of ether oxygens (including phenoxy) is 2. The van der Waals surface area contributed by atoms with Crippen molar-refractivity contribution in [3.05, 3.63) is 48.3 Å². The van der Waals surface area contributed by atoms with Crippen LogP contribution in [0, 0.1) is 11.7 Å². The van der Waals surface area contributed by atoms with Crippen LogP contribution in [0.5, 0.6) is 0 Å². The monoisotopic (exact) mass is 344 g/mol. The highest BCUT2D eigenvalue weighted by molar-refractivity contribution is 5.33. The number of aromatic nitrogens is 3. The van der Waals surface area contributed by atoms with Crippen LogP contribution in [0.2, 0.25) is 0 Å². The molecule has 2 aromatic rings. The second-order valence-electron chi connectivity index (χ2n) is 6.58. The molecule has 2 fully saturated rings. The molecule has 0 spiro atoms. The summed E-state index contributed by atoms with van der Waals surface area (Å²) >= 11 is 0. The molecule has 3 atom stereocenters. The largest absolute Gasteiger partial charge is 0.376 e. The van der Waals surface area contributed by atoms with Gasteiger partial charge in [-0.2, -0.15) is 0 Å². The van der Waals surface area contributed by atoms with E-state index in [9.17, 15) is 4.39 Å². The Labute approximate surface area is 146 Å². The Bertz CT molecular complexity index is 685. The average Bonchev–Trinajstić information content (AvgIpc) is 3.06. The van der Waals surface area contributed by atoms with E-state index in [2.05, 4.69) is 19.9 Å². The molecule has 6 nitrogen and oxygen atoms in total. The molecule has 25 heavy (non-hydrogen) atoms. The third kappa shape index (κ3) is 3.77. The van der Waals surface area contributed by atoms with Crippen LogP contribution in [0.3, 0.4) is 0 Å². The summed E-state index contributed by atoms with van der Waals surface area (Å²) in [5.74, 6) is 0.610. The van der Waals surface area contributed by atoms with Crippen LogP contribution in [-0.4, -0.2) is 46.9 Å². The minimum absolute atomic E-state index is 0.164. The van der Waals surface area contributed by atoms with Crippen molar-refractivity contribution >= 4 is 5.95 Å². The Morgan fingerprint density at radius 3 is 2.80 bits per heavy atom. The van der Waals surface area contributed by atoms with Crippen LogP contribution in [0.25, 0.3) is 0 Å². The van der Waals surface area contributed by atoms with E-state index < -0.39 is 5.82 Å². The van der Waals surface area contributed by atoms with Crippen molar-refractivity contribution in [1.29, 1.82) is 0 Å². The molecular formula is C18H21FN4O2. The van der Waals surface area contributed by atoms with Gasteiger partial charge < -0.3 is 14.4 Å². The lowest BCUT2D eigenvalue weighted by Gasteiger charge is -2.37. The first-order valence-electron chi connectivity index (χ1n) is 8.62. The second-order valence-corrected chi connectivity index (χ2v) is 6.58. The van der Waals surface area contributed by atoms with Crippen molar-refractivity contribution in [2.45, 2.75) is 31.6 Å². The molecule has 0 amide bonds. The van der Waals surface area contributed by atoms with Crippen molar-refractivity contribution in [3.63, 3.8) is 0 Å². The van der Waals surface area contributed by atoms with Crippen LogP contribution < -0.4 is 4.90 Å². The van der Waals surface area contributed by atoms with E-state index in [4.69, 9.17) is 9.47 Å². The van der Waals surface area contributed by atoms with Gasteiger partial charge in [0.15, 0.2) is 5.82 Å². The Balaban J connectivity index is 1.35. The van der Waals surface area contributed by atoms with Gasteiger partial charge in [0.05, 0.1) is 44.4 Å². The molecule has 0 unspecified atom stereocenters. The van der Waals surface area contributed by atoms with Gasteiger partial charge in [0.2, 0.25) is 5.95 Å². The van der Waals surface area contributed by atoms with Gasteiger partial charge in [-0.25, -0.2) is 14.4 Å². The van der Waals surface area contributed by atoms with Crippen molar-refractivity contribution in [3.8, 4) is 0 Å². The Hall–Kier alpha value is -2.12. The van der Waals surface area contributed by atoms with E-state index in [0.717, 1.165) is 24.9 Å². The van der Waals surface area contributed by atoms with Crippen LogP contribution in [-0.2, 0) is 16.1 Å². The SMILES string of the molecule is Fc1cnc(N2CCO[C@@H]3C[C@@H](COCc4ccncc4)C[C@@H]32)nc1. The minimum Gasteiger partial charge on any atom is -0.376 e. The van der Waals surface area contributed by atoms with Gasteiger partial charge in [-0.05, 0) is 36.5 Å². The van der Waals surface area contributed by atoms with Crippen LogP contribution >= 0.6 is 0 Å². The predicted octanol–water partition coefficient (Wildman–Crippen LogP) is 2.21. The fourth-order valence-corrected chi connectivity index (χ4v) is 3.71. The zero-order chi connectivity index (χ0) is 17.1. The van der Waals surface area contributed by atoms with Crippen molar-refractivity contribution in [1.82, 2.24) is 15.0 Å². The summed E-state index contributed by atoms with van der Waals surface area (Å²) in [6.07, 6.45) is 8.10. The molecular weight excluding hydrogens is 323 g/mol. The molecule has 0 N–H and O–H groups in total. The molecule has 1 saturated carbocycles. The Morgan fingerprint density at radius 2 is 2.00 bits per heavy atom. The lowest BCUT2D eigenvalue weighted by molar-refractivity contribution is 0.0200. The molecule has 1 aliphatic heterocycles. The molecule has 0 bridgehead atoms. The molecule has 1 saturated heterocycles. The number of anilines is 1. The molecule has 3 heterocycles. The first-order valence-corrected chi connectivity index (χ1v) is 8.62. The van der Waals surface area contributed by atoms with E-state index >= 15 is 0 Å². The van der Waals surface area contributed by atoms with Crippen molar-refractivity contribution in [2.75, 3.05) is 24.7 Å². The third-order valence-corrected chi connectivity index (χ3v) is 4.87. The Kier molecular flexibility index (Phi) is 4.85. The van der Waals surface area contributed by atoms with E-state index in [-0.39, 0.29) is 12.1 Å².